The maximum Gasteiger partial charge on any atom is 0.257 e. The van der Waals surface area contributed by atoms with Crippen LogP contribution in [0.25, 0.3) is 5.78 Å². The molecule has 62 valence electrons. The van der Waals surface area contributed by atoms with Crippen LogP contribution in [-0.4, -0.2) is 24.6 Å². The Bertz CT molecular complexity index is 431. The van der Waals surface area contributed by atoms with Crippen LogP contribution in [0.3, 0.4) is 0 Å². The highest BCUT2D eigenvalue weighted by molar-refractivity contribution is 5.34. The minimum atomic E-state index is 0.318. The van der Waals surface area contributed by atoms with Gasteiger partial charge in [0.05, 0.1) is 0 Å². The van der Waals surface area contributed by atoms with Gasteiger partial charge in [0.25, 0.3) is 5.78 Å². The Kier molecular flexibility index (Phi) is 1.24. The van der Waals surface area contributed by atoms with Crippen molar-refractivity contribution in [3.63, 3.8) is 0 Å². The van der Waals surface area contributed by atoms with Crippen molar-refractivity contribution in [2.75, 3.05) is 5.73 Å². The number of aryl methyl sites for hydroxylation is 2. The first-order chi connectivity index (χ1) is 5.66. The molecule has 6 nitrogen and oxygen atoms in total. The zero-order valence-electron chi connectivity index (χ0n) is 6.81. The largest absolute Gasteiger partial charge is 0.368 e. The van der Waals surface area contributed by atoms with E-state index in [4.69, 9.17) is 5.73 Å². The average Bonchev–Trinajstić information content (AvgIpc) is 2.29. The van der Waals surface area contributed by atoms with E-state index in [0.717, 1.165) is 0 Å². The summed E-state index contributed by atoms with van der Waals surface area (Å²) in [6.07, 6.45) is 0. The third-order valence-corrected chi connectivity index (χ3v) is 1.45. The number of nitrogens with zero attached hydrogens (tertiary/aromatic N) is 5. The molecule has 0 aliphatic carbocycles. The van der Waals surface area contributed by atoms with Crippen molar-refractivity contribution in [2.24, 2.45) is 0 Å². The average molecular weight is 164 g/mol. The fourth-order valence-electron chi connectivity index (χ4n) is 1.01. The molecule has 0 saturated heterocycles. The molecule has 0 aliphatic rings. The molecule has 2 rings (SSSR count). The van der Waals surface area contributed by atoms with Gasteiger partial charge in [-0.1, -0.05) is 0 Å². The first-order valence-corrected chi connectivity index (χ1v) is 3.50. The van der Waals surface area contributed by atoms with Crippen LogP contribution in [0.5, 0.6) is 0 Å². The minimum Gasteiger partial charge on any atom is -0.368 e. The number of fused-ring (bicyclic) bond motifs is 1. The lowest BCUT2D eigenvalue weighted by atomic mass is 10.7. The van der Waals surface area contributed by atoms with Gasteiger partial charge in [0.2, 0.25) is 5.95 Å². The Morgan fingerprint density at radius 1 is 1.08 bits per heavy atom. The molecule has 0 unspecified atom stereocenters. The van der Waals surface area contributed by atoms with Gasteiger partial charge in [0.15, 0.2) is 0 Å². The highest BCUT2D eigenvalue weighted by Gasteiger charge is 2.04. The van der Waals surface area contributed by atoms with Gasteiger partial charge in [0, 0.05) is 0 Å². The molecule has 0 saturated carbocycles. The number of nitrogens with two attached hydrogens (primary N) is 1. The SMILES string of the molecule is Cc1nc(N)n2nc(C)nc2n1. The number of aromatic nitrogens is 5. The Morgan fingerprint density at radius 2 is 1.75 bits per heavy atom. The summed E-state index contributed by atoms with van der Waals surface area (Å²) in [5.41, 5.74) is 5.58. The third-order valence-electron chi connectivity index (χ3n) is 1.45. The van der Waals surface area contributed by atoms with Crippen LogP contribution in [-0.2, 0) is 0 Å². The molecule has 0 bridgehead atoms. The van der Waals surface area contributed by atoms with E-state index in [-0.39, 0.29) is 0 Å². The highest BCUT2D eigenvalue weighted by atomic mass is 15.4. The lowest BCUT2D eigenvalue weighted by Gasteiger charge is -1.95. The van der Waals surface area contributed by atoms with E-state index in [1.807, 2.05) is 0 Å². The van der Waals surface area contributed by atoms with Gasteiger partial charge >= 0.3 is 0 Å². The van der Waals surface area contributed by atoms with Gasteiger partial charge in [0.1, 0.15) is 11.6 Å². The first-order valence-electron chi connectivity index (χ1n) is 3.50. The van der Waals surface area contributed by atoms with Crippen molar-refractivity contribution in [1.29, 1.82) is 0 Å². The predicted octanol–water partition coefficient (Wildman–Crippen LogP) is -0.282. The molecule has 0 aromatic carbocycles. The number of nitrogen functional groups attached to an aromatic ring is 1. The molecule has 2 aromatic heterocycles. The van der Waals surface area contributed by atoms with Gasteiger partial charge < -0.3 is 5.73 Å². The van der Waals surface area contributed by atoms with E-state index < -0.39 is 0 Å². The van der Waals surface area contributed by atoms with Crippen LogP contribution in [0.2, 0.25) is 0 Å². The molecule has 2 heterocycles. The number of hydrogen-bond donors (Lipinski definition) is 1. The molecule has 6 heteroatoms. The molecule has 0 fully saturated rings. The quantitative estimate of drug-likeness (QED) is 0.579. The lowest BCUT2D eigenvalue weighted by molar-refractivity contribution is 0.874. The normalized spacial score (nSPS) is 10.8. The summed E-state index contributed by atoms with van der Waals surface area (Å²) in [5.74, 6) is 2.06. The smallest absolute Gasteiger partial charge is 0.257 e. The van der Waals surface area contributed by atoms with Crippen molar-refractivity contribution in [2.45, 2.75) is 13.8 Å². The van der Waals surface area contributed by atoms with Gasteiger partial charge in [-0.15, -0.1) is 5.10 Å². The van der Waals surface area contributed by atoms with Gasteiger partial charge in [-0.25, -0.2) is 0 Å². The highest BCUT2D eigenvalue weighted by Crippen LogP contribution is 2.02. The Labute approximate surface area is 68.5 Å². The maximum absolute atomic E-state index is 5.58. The summed E-state index contributed by atoms with van der Waals surface area (Å²) in [7, 11) is 0. The summed E-state index contributed by atoms with van der Waals surface area (Å²) in [4.78, 5) is 12.1. The molecule has 0 radical (unpaired) electrons. The Morgan fingerprint density at radius 3 is 2.50 bits per heavy atom. The fraction of sp³-hybridized carbons (Fsp3) is 0.333. The monoisotopic (exact) mass is 164 g/mol. The number of rotatable bonds is 0. The Hall–Kier alpha value is -1.72. The van der Waals surface area contributed by atoms with Crippen LogP contribution in [0, 0.1) is 13.8 Å². The standard InChI is InChI=1S/C6H8N6/c1-3-8-5(7)12-6(9-3)10-4(2)11-12/h1-2H3,(H2,7,8,9,10,11). The molecule has 0 aliphatic heterocycles. The summed E-state index contributed by atoms with van der Waals surface area (Å²) < 4.78 is 1.42. The molecule has 0 atom stereocenters. The second-order valence-electron chi connectivity index (χ2n) is 2.50. The van der Waals surface area contributed by atoms with Crippen molar-refractivity contribution < 1.29 is 0 Å². The Balaban J connectivity index is 2.88. The van der Waals surface area contributed by atoms with E-state index in [1.165, 1.54) is 4.52 Å². The van der Waals surface area contributed by atoms with Crippen molar-refractivity contribution in [3.8, 4) is 0 Å². The summed E-state index contributed by atoms with van der Waals surface area (Å²) in [5, 5.41) is 4.01. The summed E-state index contributed by atoms with van der Waals surface area (Å²) in [6.45, 7) is 3.55. The van der Waals surface area contributed by atoms with E-state index in [1.54, 1.807) is 13.8 Å². The number of anilines is 1. The lowest BCUT2D eigenvalue weighted by Crippen LogP contribution is -2.05. The summed E-state index contributed by atoms with van der Waals surface area (Å²) in [6, 6.07) is 0. The summed E-state index contributed by atoms with van der Waals surface area (Å²) >= 11 is 0. The van der Waals surface area contributed by atoms with E-state index >= 15 is 0 Å². The first kappa shape index (κ1) is 6.96. The number of hydrogen-bond acceptors (Lipinski definition) is 5. The molecule has 2 aromatic rings. The predicted molar refractivity (Wildman–Crippen MR) is 42.5 cm³/mol. The van der Waals surface area contributed by atoms with Crippen LogP contribution < -0.4 is 5.73 Å². The molecule has 0 spiro atoms. The third kappa shape index (κ3) is 0.884. The van der Waals surface area contributed by atoms with Crippen LogP contribution in [0.15, 0.2) is 0 Å². The van der Waals surface area contributed by atoms with E-state index in [0.29, 0.717) is 23.4 Å². The fourth-order valence-corrected chi connectivity index (χ4v) is 1.01. The topological polar surface area (TPSA) is 82.0 Å². The zero-order chi connectivity index (χ0) is 8.72. The second kappa shape index (κ2) is 2.13. The molecular weight excluding hydrogens is 156 g/mol. The van der Waals surface area contributed by atoms with E-state index in [9.17, 15) is 0 Å². The van der Waals surface area contributed by atoms with Crippen LogP contribution in [0.1, 0.15) is 11.6 Å². The van der Waals surface area contributed by atoms with Crippen molar-refractivity contribution >= 4 is 11.7 Å². The van der Waals surface area contributed by atoms with Crippen molar-refractivity contribution in [3.05, 3.63) is 11.6 Å². The van der Waals surface area contributed by atoms with Gasteiger partial charge in [-0.2, -0.15) is 19.5 Å². The zero-order valence-corrected chi connectivity index (χ0v) is 6.81. The molecule has 0 amide bonds. The van der Waals surface area contributed by atoms with Crippen LogP contribution in [0.4, 0.5) is 5.95 Å². The molecule has 12 heavy (non-hydrogen) atoms. The molecule has 2 N–H and O–H groups in total. The minimum absolute atomic E-state index is 0.318. The van der Waals surface area contributed by atoms with Crippen LogP contribution >= 0.6 is 0 Å². The molecular formula is C6H8N6. The maximum atomic E-state index is 5.58. The van der Waals surface area contributed by atoms with Crippen molar-refractivity contribution in [1.82, 2.24) is 24.6 Å². The van der Waals surface area contributed by atoms with E-state index in [2.05, 4.69) is 20.1 Å². The van der Waals surface area contributed by atoms with Gasteiger partial charge in [-0.05, 0) is 13.8 Å². The second-order valence-corrected chi connectivity index (χ2v) is 2.50. The van der Waals surface area contributed by atoms with Gasteiger partial charge in [-0.3, -0.25) is 0 Å².